The molecule has 2 aromatic carbocycles. The van der Waals surface area contributed by atoms with Crippen molar-refractivity contribution in [2.45, 2.75) is 6.54 Å². The van der Waals surface area contributed by atoms with E-state index in [9.17, 15) is 5.26 Å². The minimum Gasteiger partial charge on any atom is -0.463 e. The molecule has 2 aromatic heterocycles. The molecule has 0 unspecified atom stereocenters. The molecule has 0 fully saturated rings. The number of hydrogen-bond acceptors (Lipinski definition) is 4. The zero-order valence-corrected chi connectivity index (χ0v) is 12.2. The molecule has 23 heavy (non-hydrogen) atoms. The van der Waals surface area contributed by atoms with Crippen LogP contribution in [0.5, 0.6) is 0 Å². The maximum Gasteiger partial charge on any atom is 0.193 e. The number of nitriles is 1. The molecule has 0 amide bonds. The minimum atomic E-state index is 0.264. The predicted molar refractivity (Wildman–Crippen MR) is 85.5 cm³/mol. The van der Waals surface area contributed by atoms with E-state index in [1.54, 1.807) is 23.1 Å². The Kier molecular flexibility index (Phi) is 3.13. The van der Waals surface area contributed by atoms with E-state index in [2.05, 4.69) is 40.6 Å². The highest BCUT2D eigenvalue weighted by Gasteiger charge is 2.17. The molecule has 0 atom stereocenters. The summed E-state index contributed by atoms with van der Waals surface area (Å²) in [6.07, 6.45) is 1.58. The Hall–Kier alpha value is -3.39. The molecular formula is C18H12N4O. The zero-order valence-electron chi connectivity index (χ0n) is 12.2. The fraction of sp³-hybridized carbons (Fsp3) is 0.0556. The van der Waals surface area contributed by atoms with Crippen LogP contribution < -0.4 is 0 Å². The van der Waals surface area contributed by atoms with Gasteiger partial charge in [-0.15, -0.1) is 5.10 Å². The number of aromatic nitrogens is 3. The maximum absolute atomic E-state index is 9.26. The first-order valence-electron chi connectivity index (χ1n) is 7.21. The summed E-state index contributed by atoms with van der Waals surface area (Å²) in [4.78, 5) is 0. The van der Waals surface area contributed by atoms with Crippen molar-refractivity contribution in [1.29, 1.82) is 5.26 Å². The molecule has 0 saturated carbocycles. The van der Waals surface area contributed by atoms with Crippen LogP contribution in [0.1, 0.15) is 11.3 Å². The van der Waals surface area contributed by atoms with Crippen LogP contribution in [0.15, 0.2) is 65.3 Å². The maximum atomic E-state index is 9.26. The first-order valence-corrected chi connectivity index (χ1v) is 7.21. The fourth-order valence-corrected chi connectivity index (χ4v) is 2.75. The lowest BCUT2D eigenvalue weighted by molar-refractivity contribution is 0.566. The molecule has 4 aromatic rings. The third-order valence-corrected chi connectivity index (χ3v) is 3.80. The largest absolute Gasteiger partial charge is 0.463 e. The van der Waals surface area contributed by atoms with Gasteiger partial charge in [-0.1, -0.05) is 47.7 Å². The zero-order chi connectivity index (χ0) is 15.6. The molecular weight excluding hydrogens is 288 g/mol. The van der Waals surface area contributed by atoms with E-state index in [4.69, 9.17) is 4.42 Å². The third kappa shape index (κ3) is 2.27. The summed E-state index contributed by atoms with van der Waals surface area (Å²) in [6.45, 7) is 0.520. The molecule has 0 aliphatic rings. The highest BCUT2D eigenvalue weighted by atomic mass is 16.3. The van der Waals surface area contributed by atoms with Gasteiger partial charge in [0.25, 0.3) is 0 Å². The minimum absolute atomic E-state index is 0.264. The van der Waals surface area contributed by atoms with E-state index in [-0.39, 0.29) is 5.69 Å². The van der Waals surface area contributed by atoms with Crippen LogP contribution in [0, 0.1) is 11.3 Å². The average Bonchev–Trinajstić information content (AvgIpc) is 3.24. The Morgan fingerprint density at radius 1 is 1.04 bits per heavy atom. The van der Waals surface area contributed by atoms with Gasteiger partial charge in [-0.2, -0.15) is 5.26 Å². The van der Waals surface area contributed by atoms with Gasteiger partial charge in [0.05, 0.1) is 12.8 Å². The predicted octanol–water partition coefficient (Wildman–Crippen LogP) is 3.61. The van der Waals surface area contributed by atoms with Gasteiger partial charge >= 0.3 is 0 Å². The summed E-state index contributed by atoms with van der Waals surface area (Å²) in [7, 11) is 0. The number of furan rings is 1. The number of hydrogen-bond donors (Lipinski definition) is 0. The van der Waals surface area contributed by atoms with E-state index in [1.165, 1.54) is 5.39 Å². The number of nitrogens with zero attached hydrogens (tertiary/aromatic N) is 4. The molecule has 2 heterocycles. The van der Waals surface area contributed by atoms with Crippen molar-refractivity contribution in [3.05, 3.63) is 72.1 Å². The molecule has 5 nitrogen and oxygen atoms in total. The normalized spacial score (nSPS) is 10.7. The van der Waals surface area contributed by atoms with Crippen molar-refractivity contribution in [3.63, 3.8) is 0 Å². The topological polar surface area (TPSA) is 67.6 Å². The van der Waals surface area contributed by atoms with E-state index >= 15 is 0 Å². The Morgan fingerprint density at radius 2 is 1.91 bits per heavy atom. The molecule has 0 aliphatic heterocycles. The molecule has 0 N–H and O–H groups in total. The van der Waals surface area contributed by atoms with Crippen molar-refractivity contribution in [2.24, 2.45) is 0 Å². The monoisotopic (exact) mass is 300 g/mol. The third-order valence-electron chi connectivity index (χ3n) is 3.80. The van der Waals surface area contributed by atoms with Crippen LogP contribution in [0.3, 0.4) is 0 Å². The first-order chi connectivity index (χ1) is 11.4. The molecule has 5 heteroatoms. The van der Waals surface area contributed by atoms with Crippen LogP contribution in [0.25, 0.3) is 22.2 Å². The van der Waals surface area contributed by atoms with E-state index in [0.29, 0.717) is 18.0 Å². The summed E-state index contributed by atoms with van der Waals surface area (Å²) in [5.41, 5.74) is 1.98. The van der Waals surface area contributed by atoms with Crippen molar-refractivity contribution < 1.29 is 4.42 Å². The molecule has 110 valence electrons. The lowest BCUT2D eigenvalue weighted by atomic mass is 10.0. The molecule has 0 spiro atoms. The molecule has 0 saturated heterocycles. The van der Waals surface area contributed by atoms with E-state index < -0.39 is 0 Å². The Bertz CT molecular complexity index is 1000. The first kappa shape index (κ1) is 13.3. The van der Waals surface area contributed by atoms with Crippen LogP contribution >= 0.6 is 0 Å². The van der Waals surface area contributed by atoms with Gasteiger partial charge in [0, 0.05) is 0 Å². The summed E-state index contributed by atoms with van der Waals surface area (Å²) in [6, 6.07) is 20.0. The van der Waals surface area contributed by atoms with Crippen LogP contribution in [-0.2, 0) is 6.54 Å². The van der Waals surface area contributed by atoms with Gasteiger partial charge in [0.1, 0.15) is 11.8 Å². The second-order valence-electron chi connectivity index (χ2n) is 5.17. The van der Waals surface area contributed by atoms with Gasteiger partial charge in [-0.05, 0) is 28.5 Å². The number of rotatable bonds is 3. The summed E-state index contributed by atoms with van der Waals surface area (Å²) in [5.74, 6) is 0.590. The van der Waals surface area contributed by atoms with Crippen LogP contribution in [0.4, 0.5) is 0 Å². The molecule has 0 aliphatic carbocycles. The lowest BCUT2D eigenvalue weighted by Crippen LogP contribution is -2.04. The molecule has 4 rings (SSSR count). The Morgan fingerprint density at radius 3 is 2.74 bits per heavy atom. The number of fused-ring (bicyclic) bond motifs is 1. The Balaban J connectivity index is 1.84. The van der Waals surface area contributed by atoms with Crippen molar-refractivity contribution >= 4 is 10.8 Å². The van der Waals surface area contributed by atoms with Gasteiger partial charge in [-0.25, -0.2) is 4.68 Å². The summed E-state index contributed by atoms with van der Waals surface area (Å²) in [5, 5.41) is 19.7. The van der Waals surface area contributed by atoms with Gasteiger partial charge < -0.3 is 4.42 Å². The van der Waals surface area contributed by atoms with E-state index in [1.807, 2.05) is 18.2 Å². The van der Waals surface area contributed by atoms with Gasteiger partial charge in [-0.3, -0.25) is 0 Å². The standard InChI is InChI=1S/C18H12N4O/c19-11-16-18(17-9-4-10-23-17)22(21-20-16)12-14-7-3-6-13-5-1-2-8-15(13)14/h1-10H,12H2. The van der Waals surface area contributed by atoms with Gasteiger partial charge in [0.15, 0.2) is 11.5 Å². The highest BCUT2D eigenvalue weighted by Crippen LogP contribution is 2.25. The summed E-state index contributed by atoms with van der Waals surface area (Å²) < 4.78 is 7.14. The Labute approximate surface area is 132 Å². The SMILES string of the molecule is N#Cc1nnn(Cc2cccc3ccccc23)c1-c1ccco1. The van der Waals surface area contributed by atoms with Gasteiger partial charge in [0.2, 0.25) is 0 Å². The second kappa shape index (κ2) is 5.43. The van der Waals surface area contributed by atoms with E-state index in [0.717, 1.165) is 10.9 Å². The molecule has 0 radical (unpaired) electrons. The summed E-state index contributed by atoms with van der Waals surface area (Å²) >= 11 is 0. The quantitative estimate of drug-likeness (QED) is 0.579. The van der Waals surface area contributed by atoms with Crippen LogP contribution in [0.2, 0.25) is 0 Å². The van der Waals surface area contributed by atoms with Crippen LogP contribution in [-0.4, -0.2) is 15.0 Å². The lowest BCUT2D eigenvalue weighted by Gasteiger charge is -2.08. The van der Waals surface area contributed by atoms with Crippen molar-refractivity contribution in [1.82, 2.24) is 15.0 Å². The fourth-order valence-electron chi connectivity index (χ4n) is 2.75. The molecule has 0 bridgehead atoms. The van der Waals surface area contributed by atoms with Crippen molar-refractivity contribution in [2.75, 3.05) is 0 Å². The smallest absolute Gasteiger partial charge is 0.193 e. The number of benzene rings is 2. The highest BCUT2D eigenvalue weighted by molar-refractivity contribution is 5.85. The average molecular weight is 300 g/mol. The second-order valence-corrected chi connectivity index (χ2v) is 5.17. The van der Waals surface area contributed by atoms with Crippen molar-refractivity contribution in [3.8, 4) is 17.5 Å².